The first kappa shape index (κ1) is 21.3. The highest BCUT2D eigenvalue weighted by atomic mass is 16.5. The lowest BCUT2D eigenvalue weighted by atomic mass is 10.0. The Balaban J connectivity index is 1.44. The Bertz CT molecular complexity index is 955. The van der Waals surface area contributed by atoms with Crippen LogP contribution < -0.4 is 4.90 Å². The maximum atomic E-state index is 6.13. The van der Waals surface area contributed by atoms with Crippen LogP contribution in [0.1, 0.15) is 17.4 Å². The molecule has 162 valence electrons. The van der Waals surface area contributed by atoms with Crippen LogP contribution in [0.4, 0.5) is 5.95 Å². The molecule has 3 aromatic rings. The fourth-order valence-electron chi connectivity index (χ4n) is 3.54. The highest BCUT2D eigenvalue weighted by molar-refractivity contribution is 5.64. The Hall–Kier alpha value is -2.94. The Morgan fingerprint density at radius 2 is 1.94 bits per heavy atom. The summed E-state index contributed by atoms with van der Waals surface area (Å²) in [4.78, 5) is 21.9. The van der Waals surface area contributed by atoms with E-state index in [1.165, 1.54) is 11.9 Å². The van der Waals surface area contributed by atoms with Crippen LogP contribution in [0, 0.1) is 0 Å². The highest BCUT2D eigenvalue weighted by Gasteiger charge is 2.27. The summed E-state index contributed by atoms with van der Waals surface area (Å²) in [5.74, 6) is 0.655. The predicted octanol–water partition coefficient (Wildman–Crippen LogP) is 2.59. The van der Waals surface area contributed by atoms with E-state index in [2.05, 4.69) is 32.0 Å². The Kier molecular flexibility index (Phi) is 7.14. The molecule has 1 aromatic carbocycles. The predicted molar refractivity (Wildman–Crippen MR) is 119 cm³/mol. The smallest absolute Gasteiger partial charge is 0.225 e. The first-order valence-electron chi connectivity index (χ1n) is 10.5. The van der Waals surface area contributed by atoms with E-state index in [1.54, 1.807) is 12.4 Å². The van der Waals surface area contributed by atoms with E-state index >= 15 is 0 Å². The number of ether oxygens (including phenoxy) is 2. The number of benzene rings is 1. The summed E-state index contributed by atoms with van der Waals surface area (Å²) in [5.41, 5.74) is 3.84. The summed E-state index contributed by atoms with van der Waals surface area (Å²) in [7, 11) is 3.87. The molecule has 8 nitrogen and oxygen atoms in total. The lowest BCUT2D eigenvalue weighted by Gasteiger charge is -2.33. The molecule has 0 spiro atoms. The summed E-state index contributed by atoms with van der Waals surface area (Å²) in [6.07, 6.45) is 6.76. The van der Waals surface area contributed by atoms with Crippen molar-refractivity contribution in [2.75, 3.05) is 51.8 Å². The standard InChI is InChI=1S/C23H28N6O2/c1-28(2)23-26-14-20(19-12-24-17-25-13-19)22(27-23)21-15-29(9-11-31-21)8-10-30-16-18-6-4-3-5-7-18/h3-7,12-14,17,21H,8-11,15-16H2,1-2H3. The fraction of sp³-hybridized carbons (Fsp3) is 0.391. The molecule has 4 rings (SSSR count). The van der Waals surface area contributed by atoms with Crippen molar-refractivity contribution in [1.29, 1.82) is 0 Å². The second-order valence-corrected chi connectivity index (χ2v) is 7.69. The number of aromatic nitrogens is 4. The third-order valence-electron chi connectivity index (χ3n) is 5.20. The number of hydrogen-bond donors (Lipinski definition) is 0. The SMILES string of the molecule is CN(C)c1ncc(-c2cncnc2)c(C2CN(CCOCc3ccccc3)CCO2)n1. The summed E-state index contributed by atoms with van der Waals surface area (Å²) < 4.78 is 12.0. The van der Waals surface area contributed by atoms with E-state index < -0.39 is 0 Å². The quantitative estimate of drug-likeness (QED) is 0.515. The highest BCUT2D eigenvalue weighted by Crippen LogP contribution is 2.30. The zero-order valence-corrected chi connectivity index (χ0v) is 18.0. The third kappa shape index (κ3) is 5.61. The fourth-order valence-corrected chi connectivity index (χ4v) is 3.54. The zero-order chi connectivity index (χ0) is 21.5. The van der Waals surface area contributed by atoms with Crippen LogP contribution in [-0.2, 0) is 16.1 Å². The van der Waals surface area contributed by atoms with Gasteiger partial charge in [0.25, 0.3) is 0 Å². The van der Waals surface area contributed by atoms with Gasteiger partial charge in [-0.3, -0.25) is 4.90 Å². The number of rotatable bonds is 8. The van der Waals surface area contributed by atoms with E-state index in [1.807, 2.05) is 43.4 Å². The third-order valence-corrected chi connectivity index (χ3v) is 5.20. The van der Waals surface area contributed by atoms with Gasteiger partial charge < -0.3 is 14.4 Å². The van der Waals surface area contributed by atoms with Gasteiger partial charge in [0, 0.05) is 63.4 Å². The average molecular weight is 421 g/mol. The van der Waals surface area contributed by atoms with Gasteiger partial charge in [0.2, 0.25) is 5.95 Å². The van der Waals surface area contributed by atoms with Gasteiger partial charge in [0.05, 0.1) is 25.5 Å². The van der Waals surface area contributed by atoms with Crippen molar-refractivity contribution in [3.63, 3.8) is 0 Å². The van der Waals surface area contributed by atoms with Crippen molar-refractivity contribution in [2.24, 2.45) is 0 Å². The number of anilines is 1. The van der Waals surface area contributed by atoms with E-state index in [-0.39, 0.29) is 6.10 Å². The molecule has 1 aliphatic heterocycles. The lowest BCUT2D eigenvalue weighted by molar-refractivity contribution is -0.0402. The van der Waals surface area contributed by atoms with Gasteiger partial charge in [-0.2, -0.15) is 0 Å². The minimum Gasteiger partial charge on any atom is -0.375 e. The number of morpholine rings is 1. The Morgan fingerprint density at radius 3 is 2.71 bits per heavy atom. The molecule has 1 aliphatic rings. The second kappa shape index (κ2) is 10.4. The van der Waals surface area contributed by atoms with Crippen molar-refractivity contribution < 1.29 is 9.47 Å². The van der Waals surface area contributed by atoms with Crippen LogP contribution in [0.2, 0.25) is 0 Å². The summed E-state index contributed by atoms with van der Waals surface area (Å²) in [6, 6.07) is 10.2. The molecular formula is C23H28N6O2. The molecule has 0 saturated carbocycles. The number of nitrogens with zero attached hydrogens (tertiary/aromatic N) is 6. The molecule has 8 heteroatoms. The van der Waals surface area contributed by atoms with Crippen LogP contribution >= 0.6 is 0 Å². The van der Waals surface area contributed by atoms with E-state index in [4.69, 9.17) is 14.5 Å². The average Bonchev–Trinajstić information content (AvgIpc) is 2.83. The van der Waals surface area contributed by atoms with Gasteiger partial charge in [-0.05, 0) is 5.56 Å². The molecular weight excluding hydrogens is 392 g/mol. The molecule has 1 saturated heterocycles. The first-order valence-corrected chi connectivity index (χ1v) is 10.5. The van der Waals surface area contributed by atoms with E-state index in [0.717, 1.165) is 36.5 Å². The topological polar surface area (TPSA) is 76.5 Å². The molecule has 0 aliphatic carbocycles. The second-order valence-electron chi connectivity index (χ2n) is 7.69. The van der Waals surface area contributed by atoms with Crippen LogP contribution in [0.25, 0.3) is 11.1 Å². The summed E-state index contributed by atoms with van der Waals surface area (Å²) in [5, 5.41) is 0. The van der Waals surface area contributed by atoms with Gasteiger partial charge in [0.15, 0.2) is 0 Å². The molecule has 1 unspecified atom stereocenters. The van der Waals surface area contributed by atoms with Crippen molar-refractivity contribution >= 4 is 5.95 Å². The number of hydrogen-bond acceptors (Lipinski definition) is 8. The van der Waals surface area contributed by atoms with Gasteiger partial charge in [-0.15, -0.1) is 0 Å². The molecule has 0 bridgehead atoms. The van der Waals surface area contributed by atoms with Crippen LogP contribution in [0.15, 0.2) is 55.2 Å². The van der Waals surface area contributed by atoms with E-state index in [9.17, 15) is 0 Å². The van der Waals surface area contributed by atoms with Crippen molar-refractivity contribution in [2.45, 2.75) is 12.7 Å². The Morgan fingerprint density at radius 1 is 1.13 bits per heavy atom. The Labute approximate surface area is 182 Å². The monoisotopic (exact) mass is 420 g/mol. The molecule has 2 aromatic heterocycles. The minimum absolute atomic E-state index is 0.153. The maximum Gasteiger partial charge on any atom is 0.225 e. The van der Waals surface area contributed by atoms with Gasteiger partial charge in [-0.1, -0.05) is 30.3 Å². The van der Waals surface area contributed by atoms with Gasteiger partial charge >= 0.3 is 0 Å². The van der Waals surface area contributed by atoms with Crippen LogP contribution in [0.3, 0.4) is 0 Å². The lowest BCUT2D eigenvalue weighted by Crippen LogP contribution is -2.40. The molecule has 3 heterocycles. The molecule has 0 amide bonds. The zero-order valence-electron chi connectivity index (χ0n) is 18.0. The summed E-state index contributed by atoms with van der Waals surface area (Å²) >= 11 is 0. The molecule has 0 radical (unpaired) electrons. The summed E-state index contributed by atoms with van der Waals surface area (Å²) in [6.45, 7) is 4.43. The van der Waals surface area contributed by atoms with Crippen LogP contribution in [-0.4, -0.2) is 71.8 Å². The van der Waals surface area contributed by atoms with Gasteiger partial charge in [-0.25, -0.2) is 19.9 Å². The molecule has 0 N–H and O–H groups in total. The first-order chi connectivity index (χ1) is 15.2. The van der Waals surface area contributed by atoms with Crippen LogP contribution in [0.5, 0.6) is 0 Å². The van der Waals surface area contributed by atoms with E-state index in [0.29, 0.717) is 25.8 Å². The van der Waals surface area contributed by atoms with Crippen molar-refractivity contribution in [1.82, 2.24) is 24.8 Å². The molecule has 1 fully saturated rings. The maximum absolute atomic E-state index is 6.13. The minimum atomic E-state index is -0.153. The molecule has 31 heavy (non-hydrogen) atoms. The van der Waals surface area contributed by atoms with Crippen molar-refractivity contribution in [3.8, 4) is 11.1 Å². The van der Waals surface area contributed by atoms with Crippen molar-refractivity contribution in [3.05, 3.63) is 66.5 Å². The normalized spacial score (nSPS) is 16.9. The molecule has 1 atom stereocenters. The van der Waals surface area contributed by atoms with Gasteiger partial charge in [0.1, 0.15) is 12.4 Å². The largest absolute Gasteiger partial charge is 0.375 e.